The van der Waals surface area contributed by atoms with Crippen LogP contribution in [0, 0.1) is 5.41 Å². The van der Waals surface area contributed by atoms with Gasteiger partial charge >= 0.3 is 0 Å². The van der Waals surface area contributed by atoms with E-state index >= 15 is 0 Å². The van der Waals surface area contributed by atoms with Gasteiger partial charge in [-0.25, -0.2) is 0 Å². The van der Waals surface area contributed by atoms with Gasteiger partial charge in [0.15, 0.2) is 0 Å². The van der Waals surface area contributed by atoms with E-state index in [-0.39, 0.29) is 29.3 Å². The van der Waals surface area contributed by atoms with Crippen LogP contribution in [0.1, 0.15) is 61.3 Å². The molecule has 1 aliphatic rings. The number of thioether (sulfide) groups is 1. The number of rotatable bonds is 6. The number of amides is 2. The molecular formula is C16H27NO3S. The largest absolute Gasteiger partial charge is 0.299 e. The number of hydrogen-bond donors (Lipinski definition) is 0. The number of carbonyl (C=O) groups excluding carboxylic acids is 3. The number of hydrogen-bond acceptors (Lipinski definition) is 4. The van der Waals surface area contributed by atoms with Crippen molar-refractivity contribution >= 4 is 29.4 Å². The second-order valence-corrected chi connectivity index (χ2v) is 9.16. The summed E-state index contributed by atoms with van der Waals surface area (Å²) < 4.78 is 0. The lowest BCUT2D eigenvalue weighted by molar-refractivity contribution is -0.147. The monoisotopic (exact) mass is 313 g/mol. The van der Waals surface area contributed by atoms with Crippen molar-refractivity contribution in [2.75, 3.05) is 0 Å². The Kier molecular flexibility index (Phi) is 5.30. The Morgan fingerprint density at radius 1 is 1.29 bits per heavy atom. The Morgan fingerprint density at radius 2 is 1.81 bits per heavy atom. The minimum absolute atomic E-state index is 0.0720. The lowest BCUT2D eigenvalue weighted by atomic mass is 9.77. The van der Waals surface area contributed by atoms with Crippen molar-refractivity contribution in [3.63, 3.8) is 0 Å². The van der Waals surface area contributed by atoms with Crippen LogP contribution in [0.5, 0.6) is 0 Å². The van der Waals surface area contributed by atoms with E-state index in [0.717, 1.165) is 0 Å². The summed E-state index contributed by atoms with van der Waals surface area (Å²) in [5.74, 6) is -0.159. The molecule has 1 aliphatic heterocycles. The summed E-state index contributed by atoms with van der Waals surface area (Å²) in [5, 5.41) is 0.0284. The smallest absolute Gasteiger partial charge is 0.243 e. The van der Waals surface area contributed by atoms with Crippen LogP contribution in [0.15, 0.2) is 0 Å². The fraction of sp³-hybridized carbons (Fsp3) is 0.812. The van der Waals surface area contributed by atoms with Crippen LogP contribution >= 0.6 is 11.8 Å². The first-order valence-electron chi connectivity index (χ1n) is 7.42. The van der Waals surface area contributed by atoms with E-state index in [4.69, 9.17) is 0 Å². The molecule has 21 heavy (non-hydrogen) atoms. The third-order valence-corrected chi connectivity index (χ3v) is 5.22. The molecule has 1 heterocycles. The van der Waals surface area contributed by atoms with Crippen molar-refractivity contribution in [3.05, 3.63) is 0 Å². The number of Topliss-reactive ketones (excluding diaryl/α,β-unsaturated/α-hetero) is 1. The molecule has 0 aliphatic carbocycles. The number of ketones is 1. The Morgan fingerprint density at radius 3 is 2.24 bits per heavy atom. The number of likely N-dealkylation sites (tertiary alicyclic amines) is 1. The minimum Gasteiger partial charge on any atom is -0.299 e. The fourth-order valence-corrected chi connectivity index (χ4v) is 4.08. The molecule has 0 radical (unpaired) electrons. The average Bonchev–Trinajstić information content (AvgIpc) is 2.51. The van der Waals surface area contributed by atoms with Gasteiger partial charge in [-0.3, -0.25) is 19.3 Å². The van der Waals surface area contributed by atoms with Crippen LogP contribution in [0.25, 0.3) is 0 Å². The molecule has 1 fully saturated rings. The first-order valence-corrected chi connectivity index (χ1v) is 8.36. The number of imide groups is 1. The molecule has 1 saturated heterocycles. The summed E-state index contributed by atoms with van der Waals surface area (Å²) in [4.78, 5) is 38.0. The number of carbonyl (C=O) groups is 3. The van der Waals surface area contributed by atoms with Crippen LogP contribution in [-0.2, 0) is 14.4 Å². The van der Waals surface area contributed by atoms with Gasteiger partial charge in [-0.2, -0.15) is 0 Å². The Bertz CT molecular complexity index is 454. The van der Waals surface area contributed by atoms with Crippen LogP contribution in [0.3, 0.4) is 0 Å². The highest BCUT2D eigenvalue weighted by Crippen LogP contribution is 2.38. The Hall–Kier alpha value is -0.840. The van der Waals surface area contributed by atoms with Gasteiger partial charge in [0.1, 0.15) is 5.78 Å². The first-order chi connectivity index (χ1) is 9.38. The highest BCUT2D eigenvalue weighted by Gasteiger charge is 2.48. The van der Waals surface area contributed by atoms with Gasteiger partial charge in [-0.1, -0.05) is 27.7 Å². The zero-order valence-corrected chi connectivity index (χ0v) is 15.0. The van der Waals surface area contributed by atoms with E-state index in [1.807, 2.05) is 41.5 Å². The fourth-order valence-electron chi connectivity index (χ4n) is 2.96. The highest BCUT2D eigenvalue weighted by molar-refractivity contribution is 8.01. The molecule has 1 atom stereocenters. The molecule has 2 amide bonds. The second-order valence-electron chi connectivity index (χ2n) is 7.37. The molecule has 0 N–H and O–H groups in total. The molecule has 0 aromatic carbocycles. The normalized spacial score (nSPS) is 20.6. The standard InChI is InChI=1S/C16H27NO3S/c1-10(2)21-12-8-13(19)17(14(12)20)16(6,7)9-15(4,5)11(3)18/h10,12H,8-9H2,1-7H3. The maximum absolute atomic E-state index is 12.6. The molecule has 0 spiro atoms. The zero-order valence-electron chi connectivity index (χ0n) is 14.1. The van der Waals surface area contributed by atoms with Gasteiger partial charge in [0.25, 0.3) is 0 Å². The average molecular weight is 313 g/mol. The van der Waals surface area contributed by atoms with Crippen LogP contribution in [0.4, 0.5) is 0 Å². The van der Waals surface area contributed by atoms with Gasteiger partial charge in [0.05, 0.1) is 5.25 Å². The van der Waals surface area contributed by atoms with Crippen molar-refractivity contribution in [1.82, 2.24) is 4.90 Å². The molecular weight excluding hydrogens is 286 g/mol. The van der Waals surface area contributed by atoms with Crippen molar-refractivity contribution in [1.29, 1.82) is 0 Å². The zero-order chi connectivity index (χ0) is 16.6. The van der Waals surface area contributed by atoms with Crippen LogP contribution < -0.4 is 0 Å². The Balaban J connectivity index is 2.95. The minimum atomic E-state index is -0.643. The molecule has 1 unspecified atom stereocenters. The van der Waals surface area contributed by atoms with Crippen molar-refractivity contribution in [2.24, 2.45) is 5.41 Å². The van der Waals surface area contributed by atoms with E-state index in [9.17, 15) is 14.4 Å². The topological polar surface area (TPSA) is 54.5 Å². The maximum Gasteiger partial charge on any atom is 0.243 e. The summed E-state index contributed by atoms with van der Waals surface area (Å²) >= 11 is 1.54. The van der Waals surface area contributed by atoms with Crippen molar-refractivity contribution in [2.45, 2.75) is 77.3 Å². The number of nitrogens with zero attached hydrogens (tertiary/aromatic N) is 1. The van der Waals surface area contributed by atoms with E-state index in [2.05, 4.69) is 0 Å². The van der Waals surface area contributed by atoms with Gasteiger partial charge in [-0.15, -0.1) is 11.8 Å². The van der Waals surface area contributed by atoms with Crippen molar-refractivity contribution in [3.8, 4) is 0 Å². The Labute approximate surface area is 132 Å². The summed E-state index contributed by atoms with van der Waals surface area (Å²) in [6.45, 7) is 13.1. The molecule has 0 aromatic rings. The lowest BCUT2D eigenvalue weighted by Crippen LogP contribution is -2.51. The van der Waals surface area contributed by atoms with Gasteiger partial charge in [-0.05, 0) is 32.4 Å². The van der Waals surface area contributed by atoms with Crippen molar-refractivity contribution < 1.29 is 14.4 Å². The summed E-state index contributed by atoms with van der Waals surface area (Å²) in [7, 11) is 0. The molecule has 4 nitrogen and oxygen atoms in total. The first kappa shape index (κ1) is 18.2. The predicted molar refractivity (Wildman–Crippen MR) is 86.1 cm³/mol. The molecule has 120 valence electrons. The highest BCUT2D eigenvalue weighted by atomic mass is 32.2. The van der Waals surface area contributed by atoms with Gasteiger partial charge in [0, 0.05) is 17.4 Å². The summed E-state index contributed by atoms with van der Waals surface area (Å²) in [6.07, 6.45) is 0.748. The van der Waals surface area contributed by atoms with Gasteiger partial charge in [0.2, 0.25) is 11.8 Å². The third kappa shape index (κ3) is 4.09. The maximum atomic E-state index is 12.6. The van der Waals surface area contributed by atoms with Crippen LogP contribution in [0.2, 0.25) is 0 Å². The molecule has 5 heteroatoms. The third-order valence-electron chi connectivity index (χ3n) is 3.97. The SMILES string of the molecule is CC(=O)C(C)(C)CC(C)(C)N1C(=O)CC(SC(C)C)C1=O. The quantitative estimate of drug-likeness (QED) is 0.707. The van der Waals surface area contributed by atoms with Gasteiger partial charge < -0.3 is 0 Å². The summed E-state index contributed by atoms with van der Waals surface area (Å²) in [6, 6.07) is 0. The predicted octanol–water partition coefficient (Wildman–Crippen LogP) is 3.04. The van der Waals surface area contributed by atoms with E-state index in [1.165, 1.54) is 16.7 Å². The lowest BCUT2D eigenvalue weighted by Gasteiger charge is -2.39. The van der Waals surface area contributed by atoms with E-state index in [1.54, 1.807) is 6.92 Å². The van der Waals surface area contributed by atoms with Crippen LogP contribution in [-0.4, -0.2) is 38.5 Å². The van der Waals surface area contributed by atoms with E-state index < -0.39 is 11.0 Å². The van der Waals surface area contributed by atoms with E-state index in [0.29, 0.717) is 11.7 Å². The molecule has 0 bridgehead atoms. The molecule has 0 saturated carbocycles. The molecule has 0 aromatic heterocycles. The summed E-state index contributed by atoms with van der Waals surface area (Å²) in [5.41, 5.74) is -1.19. The molecule has 1 rings (SSSR count). The second kappa shape index (κ2) is 6.11.